The summed E-state index contributed by atoms with van der Waals surface area (Å²) in [5.74, 6) is 1.16. The molecule has 2 aliphatic rings. The summed E-state index contributed by atoms with van der Waals surface area (Å²) in [6.07, 6.45) is 6.09. The summed E-state index contributed by atoms with van der Waals surface area (Å²) in [5, 5.41) is 9.16. The minimum atomic E-state index is -0.944. The van der Waals surface area contributed by atoms with E-state index < -0.39 is 5.97 Å². The molecule has 2 bridgehead atoms. The monoisotopic (exact) mass is 348 g/mol. The Kier molecular flexibility index (Phi) is 4.10. The number of ether oxygens (including phenoxy) is 1. The number of allylic oxidation sites excluding steroid dienone is 1. The lowest BCUT2D eigenvalue weighted by molar-refractivity contribution is 0.0696. The van der Waals surface area contributed by atoms with E-state index in [9.17, 15) is 4.79 Å². The highest BCUT2D eigenvalue weighted by Gasteiger charge is 2.37. The first kappa shape index (κ1) is 16.9. The molecule has 1 saturated carbocycles. The van der Waals surface area contributed by atoms with Crippen LogP contribution in [0.3, 0.4) is 0 Å². The summed E-state index contributed by atoms with van der Waals surface area (Å²) in [5.41, 5.74) is 8.01. The van der Waals surface area contributed by atoms with Gasteiger partial charge >= 0.3 is 5.97 Å². The average molecular weight is 348 g/mol. The molecule has 2 aromatic rings. The first-order chi connectivity index (χ1) is 12.5. The SMILES string of the molecule is COc1cc(C(=O)O)ccc1/C=C(/C)c1cc2c(cc1C)C1CCC2C1. The zero-order valence-electron chi connectivity index (χ0n) is 15.5. The molecule has 2 aliphatic carbocycles. The van der Waals surface area contributed by atoms with Gasteiger partial charge in [-0.2, -0.15) is 0 Å². The van der Waals surface area contributed by atoms with E-state index in [0.29, 0.717) is 5.75 Å². The van der Waals surface area contributed by atoms with Crippen molar-refractivity contribution in [1.82, 2.24) is 0 Å². The molecule has 0 saturated heterocycles. The van der Waals surface area contributed by atoms with Gasteiger partial charge in [0, 0.05) is 5.56 Å². The van der Waals surface area contributed by atoms with Crippen molar-refractivity contribution in [2.75, 3.05) is 7.11 Å². The quantitative estimate of drug-likeness (QED) is 0.729. The molecule has 3 nitrogen and oxygen atoms in total. The van der Waals surface area contributed by atoms with Crippen LogP contribution < -0.4 is 4.74 Å². The number of carboxylic acid groups (broad SMARTS) is 1. The number of carbonyl (C=O) groups is 1. The molecule has 1 N–H and O–H groups in total. The summed E-state index contributed by atoms with van der Waals surface area (Å²) in [6, 6.07) is 9.79. The number of carboxylic acids is 1. The van der Waals surface area contributed by atoms with Crippen LogP contribution in [0.2, 0.25) is 0 Å². The standard InChI is InChI=1S/C23H24O3/c1-13(8-17-6-7-18(23(24)25)11-22(17)26-3)19-12-21-16-5-4-15(10-16)20(21)9-14(19)2/h6-9,11-12,15-16H,4-5,10H2,1-3H3,(H,24,25)/b13-8-. The summed E-state index contributed by atoms with van der Waals surface area (Å²) >= 11 is 0. The van der Waals surface area contributed by atoms with Crippen molar-refractivity contribution in [3.63, 3.8) is 0 Å². The van der Waals surface area contributed by atoms with Crippen LogP contribution in [0, 0.1) is 6.92 Å². The molecular formula is C23H24O3. The predicted octanol–water partition coefficient (Wildman–Crippen LogP) is 5.63. The van der Waals surface area contributed by atoms with Crippen molar-refractivity contribution in [1.29, 1.82) is 0 Å². The van der Waals surface area contributed by atoms with E-state index >= 15 is 0 Å². The second-order valence-electron chi connectivity index (χ2n) is 7.59. The van der Waals surface area contributed by atoms with E-state index in [2.05, 4.69) is 32.1 Å². The number of hydrogen-bond acceptors (Lipinski definition) is 2. The smallest absolute Gasteiger partial charge is 0.335 e. The number of rotatable bonds is 4. The number of aromatic carboxylic acids is 1. The molecule has 3 heteroatoms. The van der Waals surface area contributed by atoms with Gasteiger partial charge in [-0.1, -0.05) is 18.2 Å². The molecule has 0 aromatic heterocycles. The zero-order valence-corrected chi connectivity index (χ0v) is 15.5. The zero-order chi connectivity index (χ0) is 18.4. The van der Waals surface area contributed by atoms with Crippen LogP contribution in [0.15, 0.2) is 30.3 Å². The maximum absolute atomic E-state index is 11.2. The van der Waals surface area contributed by atoms with Crippen molar-refractivity contribution < 1.29 is 14.6 Å². The van der Waals surface area contributed by atoms with E-state index in [0.717, 1.165) is 17.4 Å². The molecule has 0 amide bonds. The van der Waals surface area contributed by atoms with Crippen LogP contribution in [0.5, 0.6) is 5.75 Å². The highest BCUT2D eigenvalue weighted by Crippen LogP contribution is 2.53. The fourth-order valence-electron chi connectivity index (χ4n) is 4.70. The van der Waals surface area contributed by atoms with Crippen LogP contribution >= 0.6 is 0 Å². The minimum Gasteiger partial charge on any atom is -0.496 e. The van der Waals surface area contributed by atoms with Gasteiger partial charge in [-0.15, -0.1) is 0 Å². The molecule has 2 aromatic carbocycles. The topological polar surface area (TPSA) is 46.5 Å². The molecule has 0 aliphatic heterocycles. The largest absolute Gasteiger partial charge is 0.496 e. The molecule has 134 valence electrons. The van der Waals surface area contributed by atoms with Crippen LogP contribution in [0.25, 0.3) is 11.6 Å². The van der Waals surface area contributed by atoms with Crippen molar-refractivity contribution in [2.45, 2.75) is 44.9 Å². The minimum absolute atomic E-state index is 0.237. The third kappa shape index (κ3) is 2.72. The lowest BCUT2D eigenvalue weighted by Crippen LogP contribution is -2.01. The summed E-state index contributed by atoms with van der Waals surface area (Å²) in [4.78, 5) is 11.2. The number of hydrogen-bond donors (Lipinski definition) is 1. The van der Waals surface area contributed by atoms with E-state index in [1.165, 1.54) is 36.0 Å². The maximum Gasteiger partial charge on any atom is 0.335 e. The van der Waals surface area contributed by atoms with Gasteiger partial charge in [0.15, 0.2) is 0 Å². The Hall–Kier alpha value is -2.55. The number of benzene rings is 2. The second-order valence-corrected chi connectivity index (χ2v) is 7.59. The second kappa shape index (κ2) is 6.31. The summed E-state index contributed by atoms with van der Waals surface area (Å²) in [6.45, 7) is 4.30. The van der Waals surface area contributed by atoms with E-state index in [1.54, 1.807) is 30.4 Å². The Balaban J connectivity index is 1.73. The molecule has 2 atom stereocenters. The number of fused-ring (bicyclic) bond motifs is 5. The Labute approximate surface area is 154 Å². The van der Waals surface area contributed by atoms with Gasteiger partial charge in [-0.3, -0.25) is 0 Å². The van der Waals surface area contributed by atoms with Crippen molar-refractivity contribution >= 4 is 17.6 Å². The van der Waals surface area contributed by atoms with E-state index in [-0.39, 0.29) is 5.56 Å². The average Bonchev–Trinajstić information content (AvgIpc) is 3.23. The fraction of sp³-hybridized carbons (Fsp3) is 0.348. The Bertz CT molecular complexity index is 923. The molecular weight excluding hydrogens is 324 g/mol. The maximum atomic E-state index is 11.2. The normalized spacial score (nSPS) is 21.0. The molecule has 0 heterocycles. The first-order valence-corrected chi connectivity index (χ1v) is 9.22. The fourth-order valence-corrected chi connectivity index (χ4v) is 4.70. The lowest BCUT2D eigenvalue weighted by Gasteiger charge is -2.19. The van der Waals surface area contributed by atoms with Gasteiger partial charge in [0.2, 0.25) is 0 Å². The van der Waals surface area contributed by atoms with Crippen molar-refractivity contribution in [2.24, 2.45) is 0 Å². The van der Waals surface area contributed by atoms with Crippen molar-refractivity contribution in [3.05, 3.63) is 63.7 Å². The highest BCUT2D eigenvalue weighted by molar-refractivity contribution is 5.90. The molecule has 2 unspecified atom stereocenters. The van der Waals surface area contributed by atoms with Crippen LogP contribution in [-0.4, -0.2) is 18.2 Å². The van der Waals surface area contributed by atoms with Crippen LogP contribution in [0.1, 0.15) is 76.2 Å². The van der Waals surface area contributed by atoms with Gasteiger partial charge in [-0.05, 0) is 91.0 Å². The van der Waals surface area contributed by atoms with Gasteiger partial charge in [0.05, 0.1) is 12.7 Å². The molecule has 4 rings (SSSR count). The van der Waals surface area contributed by atoms with Gasteiger partial charge in [0.1, 0.15) is 5.75 Å². The van der Waals surface area contributed by atoms with Gasteiger partial charge in [0.25, 0.3) is 0 Å². The third-order valence-corrected chi connectivity index (χ3v) is 6.02. The molecule has 0 spiro atoms. The molecule has 0 radical (unpaired) electrons. The van der Waals surface area contributed by atoms with Crippen molar-refractivity contribution in [3.8, 4) is 5.75 Å². The van der Waals surface area contributed by atoms with E-state index in [1.807, 2.05) is 6.07 Å². The summed E-state index contributed by atoms with van der Waals surface area (Å²) < 4.78 is 5.41. The Morgan fingerprint density at radius 2 is 1.85 bits per heavy atom. The summed E-state index contributed by atoms with van der Waals surface area (Å²) in [7, 11) is 1.57. The first-order valence-electron chi connectivity index (χ1n) is 9.22. The van der Waals surface area contributed by atoms with Crippen LogP contribution in [-0.2, 0) is 0 Å². The molecule has 26 heavy (non-hydrogen) atoms. The molecule has 1 fully saturated rings. The Morgan fingerprint density at radius 1 is 1.15 bits per heavy atom. The third-order valence-electron chi connectivity index (χ3n) is 6.02. The predicted molar refractivity (Wildman–Crippen MR) is 104 cm³/mol. The number of aryl methyl sites for hydroxylation is 1. The van der Waals surface area contributed by atoms with Gasteiger partial charge < -0.3 is 9.84 Å². The van der Waals surface area contributed by atoms with Crippen LogP contribution in [0.4, 0.5) is 0 Å². The lowest BCUT2D eigenvalue weighted by atomic mass is 9.86. The highest BCUT2D eigenvalue weighted by atomic mass is 16.5. The number of methoxy groups -OCH3 is 1. The van der Waals surface area contributed by atoms with E-state index in [4.69, 9.17) is 9.84 Å². The van der Waals surface area contributed by atoms with Gasteiger partial charge in [-0.25, -0.2) is 4.79 Å². The Morgan fingerprint density at radius 3 is 2.50 bits per heavy atom.